The van der Waals surface area contributed by atoms with Crippen molar-refractivity contribution in [3.63, 3.8) is 0 Å². The number of aliphatic hydroxyl groups excluding tert-OH is 7. The van der Waals surface area contributed by atoms with Crippen molar-refractivity contribution in [1.29, 1.82) is 0 Å². The molecule has 2 rings (SSSR count). The van der Waals surface area contributed by atoms with Gasteiger partial charge in [-0.3, -0.25) is 4.79 Å². The van der Waals surface area contributed by atoms with Crippen molar-refractivity contribution < 1.29 is 60.9 Å². The summed E-state index contributed by atoms with van der Waals surface area (Å²) in [6.45, 7) is 0.689. The summed E-state index contributed by atoms with van der Waals surface area (Å²) in [4.78, 5) is 12.0. The molecule has 2 saturated heterocycles. The van der Waals surface area contributed by atoms with Gasteiger partial charge in [0, 0.05) is 7.77 Å². The molecule has 2 aliphatic heterocycles. The van der Waals surface area contributed by atoms with Gasteiger partial charge >= 0.3 is 5.97 Å². The van der Waals surface area contributed by atoms with Crippen LogP contribution in [0, 0.1) is 0 Å². The molecule has 12 nitrogen and oxygen atoms in total. The lowest BCUT2D eigenvalue weighted by Crippen LogP contribution is -2.61. The van der Waals surface area contributed by atoms with Gasteiger partial charge in [0.1, 0.15) is 48.8 Å². The molecule has 0 aromatic rings. The van der Waals surface area contributed by atoms with Crippen LogP contribution in [0.2, 0.25) is 0 Å². The molecular formula is C18H32O12. The molecule has 0 spiro atoms. The molecule has 2 unspecified atom stereocenters. The van der Waals surface area contributed by atoms with Crippen LogP contribution in [0.3, 0.4) is 0 Å². The van der Waals surface area contributed by atoms with Crippen LogP contribution >= 0.6 is 0 Å². The fourth-order valence-corrected chi connectivity index (χ4v) is 3.13. The molecule has 0 bridgehead atoms. The molecule has 2 heterocycles. The zero-order chi connectivity index (χ0) is 23.3. The number of carbonyl (C=O) groups excluding carboxylic acids is 1. The number of aliphatic hydroxyl groups is 7. The zero-order valence-corrected chi connectivity index (χ0v) is 16.6. The van der Waals surface area contributed by atoms with Crippen molar-refractivity contribution in [3.05, 3.63) is 0 Å². The molecule has 2 fully saturated rings. The minimum atomic E-state index is -1.78. The first-order valence-corrected chi connectivity index (χ1v) is 9.86. The fourth-order valence-electron chi connectivity index (χ4n) is 3.13. The van der Waals surface area contributed by atoms with Crippen LogP contribution in [-0.4, -0.2) is 116 Å². The summed E-state index contributed by atoms with van der Waals surface area (Å²) in [6, 6.07) is 0. The first-order chi connectivity index (χ1) is 14.6. The Morgan fingerprint density at radius 3 is 2.03 bits per heavy atom. The number of carbonyl (C=O) groups is 1. The summed E-state index contributed by atoms with van der Waals surface area (Å²) in [5.74, 6) is -0.963. The van der Waals surface area contributed by atoms with Crippen LogP contribution in [0.4, 0.5) is 0 Å². The Balaban J connectivity index is 1.98. The lowest BCUT2D eigenvalue weighted by molar-refractivity contribution is -0.327. The molecular weight excluding hydrogens is 408 g/mol. The second-order valence-corrected chi connectivity index (χ2v) is 7.33. The molecule has 2 aliphatic rings. The van der Waals surface area contributed by atoms with E-state index in [2.05, 4.69) is 0 Å². The van der Waals surface area contributed by atoms with Crippen molar-refractivity contribution in [2.75, 3.05) is 13.2 Å². The third kappa shape index (κ3) is 6.07. The van der Waals surface area contributed by atoms with Gasteiger partial charge in [-0.25, -0.2) is 0 Å². The second kappa shape index (κ2) is 11.6. The van der Waals surface area contributed by atoms with Crippen molar-refractivity contribution in [1.82, 2.24) is 0 Å². The maximum Gasteiger partial charge on any atom is 0.308 e. The maximum absolute atomic E-state index is 12.0. The quantitative estimate of drug-likeness (QED) is 0.177. The van der Waals surface area contributed by atoms with Crippen molar-refractivity contribution in [2.45, 2.75) is 94.0 Å². The van der Waals surface area contributed by atoms with E-state index in [0.29, 0.717) is 6.42 Å². The Labute approximate surface area is 175 Å². The second-order valence-electron chi connectivity index (χ2n) is 7.33. The van der Waals surface area contributed by atoms with Gasteiger partial charge in [-0.05, 0) is 6.42 Å². The van der Waals surface area contributed by atoms with Gasteiger partial charge < -0.3 is 54.7 Å². The Bertz CT molecular complexity index is 566. The predicted molar refractivity (Wildman–Crippen MR) is 96.6 cm³/mol. The third-order valence-corrected chi connectivity index (χ3v) is 5.04. The van der Waals surface area contributed by atoms with Gasteiger partial charge in [0.25, 0.3) is 0 Å². The van der Waals surface area contributed by atoms with Crippen LogP contribution in [0.25, 0.3) is 0 Å². The highest BCUT2D eigenvalue weighted by Crippen LogP contribution is 2.26. The maximum atomic E-state index is 12.0. The van der Waals surface area contributed by atoms with E-state index < -0.39 is 87.0 Å². The summed E-state index contributed by atoms with van der Waals surface area (Å²) in [6.07, 6.45) is -15.5. The molecule has 0 radical (unpaired) electrons. The van der Waals surface area contributed by atoms with Gasteiger partial charge in [0.2, 0.25) is 6.29 Å². The average Bonchev–Trinajstić information content (AvgIpc) is 2.76. The zero-order valence-electron chi connectivity index (χ0n) is 17.6. The van der Waals surface area contributed by atoms with Crippen LogP contribution in [0.1, 0.15) is 34.0 Å². The van der Waals surface area contributed by atoms with Gasteiger partial charge in [-0.1, -0.05) is 19.8 Å². The number of hydrogen-bond acceptors (Lipinski definition) is 12. The van der Waals surface area contributed by atoms with Crippen LogP contribution in [0.5, 0.6) is 0 Å². The summed E-state index contributed by atoms with van der Waals surface area (Å²) >= 11 is 0. The van der Waals surface area contributed by atoms with E-state index in [4.69, 9.17) is 20.3 Å². The van der Waals surface area contributed by atoms with Gasteiger partial charge in [-0.2, -0.15) is 0 Å². The Hall–Kier alpha value is -0.930. The van der Waals surface area contributed by atoms with E-state index in [0.717, 1.165) is 6.42 Å². The van der Waals surface area contributed by atoms with E-state index in [1.807, 2.05) is 6.92 Å². The molecule has 0 amide bonds. The summed E-state index contributed by atoms with van der Waals surface area (Å²) in [5, 5.41) is 69.0. The van der Waals surface area contributed by atoms with Crippen LogP contribution < -0.4 is 0 Å². The largest absolute Gasteiger partial charge is 0.433 e. The Morgan fingerprint density at radius 2 is 1.43 bits per heavy atom. The number of rotatable bonds is 9. The van der Waals surface area contributed by atoms with Crippen molar-refractivity contribution in [3.8, 4) is 0 Å². The molecule has 0 aromatic heterocycles. The third-order valence-electron chi connectivity index (χ3n) is 5.04. The molecule has 30 heavy (non-hydrogen) atoms. The molecule has 0 saturated carbocycles. The monoisotopic (exact) mass is 441 g/mol. The topological polar surface area (TPSA) is 196 Å². The first-order valence-electron chi connectivity index (χ1n) is 10.4. The minimum Gasteiger partial charge on any atom is -0.433 e. The van der Waals surface area contributed by atoms with E-state index in [9.17, 15) is 40.5 Å². The highest BCUT2D eigenvalue weighted by atomic mass is 16.7. The average molecular weight is 441 g/mol. The molecule has 0 aliphatic carbocycles. The van der Waals surface area contributed by atoms with E-state index >= 15 is 0 Å². The first kappa shape index (κ1) is 23.7. The minimum absolute atomic E-state index is 0.243. The number of esters is 1. The molecule has 11 atom stereocenters. The lowest BCUT2D eigenvalue weighted by Gasteiger charge is -2.42. The van der Waals surface area contributed by atoms with E-state index in [1.54, 1.807) is 0 Å². The number of hydrogen-bond donors (Lipinski definition) is 7. The van der Waals surface area contributed by atoms with E-state index in [-0.39, 0.29) is 6.42 Å². The highest BCUT2D eigenvalue weighted by Gasteiger charge is 2.48. The normalized spacial score (nSPS) is 43.7. The molecule has 7 N–H and O–H groups in total. The standard InChI is InChI=1S/C18H32O12/c1-2-3-4-5-10(20)30-18-16(26)14(24)12(22)9(29-18)7-27-17-15(25)13(23)11(21)8(6-19)28-17/h8-9,11-19,21-26H,2-7H2,1H3/t8-,9-,11-,12-,13+,14+,15-,16-,17-,18?/m1/s1/i5D/t5?,8-,9-,11-,12-,13+,14+,15-,16-,17-,18?. The predicted octanol–water partition coefficient (Wildman–Crippen LogP) is -3.27. The summed E-state index contributed by atoms with van der Waals surface area (Å²) in [7, 11) is 0. The lowest BCUT2D eigenvalue weighted by atomic mass is 9.98. The molecule has 0 aromatic carbocycles. The summed E-state index contributed by atoms with van der Waals surface area (Å²) < 4.78 is 28.5. The molecule has 176 valence electrons. The van der Waals surface area contributed by atoms with Gasteiger partial charge in [0.15, 0.2) is 6.29 Å². The molecule has 12 heteroatoms. The van der Waals surface area contributed by atoms with Crippen molar-refractivity contribution >= 4 is 5.97 Å². The Morgan fingerprint density at radius 1 is 0.867 bits per heavy atom. The van der Waals surface area contributed by atoms with E-state index in [1.165, 1.54) is 0 Å². The smallest absolute Gasteiger partial charge is 0.308 e. The number of unbranched alkanes of at least 4 members (excludes halogenated alkanes) is 1. The fraction of sp³-hybridized carbons (Fsp3) is 0.944. The highest BCUT2D eigenvalue weighted by molar-refractivity contribution is 5.69. The summed E-state index contributed by atoms with van der Waals surface area (Å²) in [5.41, 5.74) is 0. The van der Waals surface area contributed by atoms with Crippen LogP contribution in [0.15, 0.2) is 0 Å². The SMILES string of the molecule is [2H]C(CCCC)C(=O)OC1O[C@H](CO[C@@H]2O[C@H](CO)[C@@H](O)[C@H](O)[C@H]2O)[C@@H](O)[C@H](O)[C@H]1O. The van der Waals surface area contributed by atoms with Crippen LogP contribution in [-0.2, 0) is 23.7 Å². The number of ether oxygens (including phenoxy) is 4. The van der Waals surface area contributed by atoms with Gasteiger partial charge in [-0.15, -0.1) is 0 Å². The Kier molecular flexibility index (Phi) is 9.19. The van der Waals surface area contributed by atoms with Gasteiger partial charge in [0.05, 0.1) is 13.2 Å². The van der Waals surface area contributed by atoms with Crippen molar-refractivity contribution in [2.24, 2.45) is 0 Å².